The molecule has 1 heterocycles. The first-order chi connectivity index (χ1) is 14.2. The Kier molecular flexibility index (Phi) is 7.68. The number of piperidine rings is 1. The van der Waals surface area contributed by atoms with E-state index in [0.717, 1.165) is 32.4 Å². The predicted molar refractivity (Wildman–Crippen MR) is 114 cm³/mol. The highest BCUT2D eigenvalue weighted by Gasteiger charge is 2.29. The van der Waals surface area contributed by atoms with Crippen molar-refractivity contribution in [2.75, 3.05) is 32.8 Å². The molecule has 0 unspecified atom stereocenters. The third-order valence-corrected chi connectivity index (χ3v) is 5.51. The van der Waals surface area contributed by atoms with Crippen LogP contribution in [0.25, 0.3) is 0 Å². The first kappa shape index (κ1) is 20.9. The third kappa shape index (κ3) is 6.08. The number of hydrogen-bond donors (Lipinski definition) is 0. The Balaban J connectivity index is 1.43. The van der Waals surface area contributed by atoms with E-state index >= 15 is 0 Å². The predicted octanol–water partition coefficient (Wildman–Crippen LogP) is 3.40. The van der Waals surface area contributed by atoms with Crippen LogP contribution < -0.4 is 4.74 Å². The number of likely N-dealkylation sites (tertiary alicyclic amines) is 1. The molecule has 0 saturated carbocycles. The van der Waals surface area contributed by atoms with Crippen LogP contribution in [0.1, 0.15) is 25.3 Å². The minimum atomic E-state index is -0.0174. The van der Waals surface area contributed by atoms with Gasteiger partial charge in [-0.2, -0.15) is 0 Å². The molecule has 5 nitrogen and oxygen atoms in total. The Bertz CT molecular complexity index is 771. The summed E-state index contributed by atoms with van der Waals surface area (Å²) in [6.45, 7) is 4.76. The minimum absolute atomic E-state index is 0.00446. The van der Waals surface area contributed by atoms with Crippen molar-refractivity contribution in [1.82, 2.24) is 9.80 Å². The molecule has 0 aliphatic carbocycles. The van der Waals surface area contributed by atoms with Gasteiger partial charge in [-0.15, -0.1) is 0 Å². The fraction of sp³-hybridized carbons (Fsp3) is 0.417. The fourth-order valence-corrected chi connectivity index (χ4v) is 3.72. The lowest BCUT2D eigenvalue weighted by Crippen LogP contribution is -2.46. The van der Waals surface area contributed by atoms with Gasteiger partial charge in [0.15, 0.2) is 6.61 Å². The van der Waals surface area contributed by atoms with Gasteiger partial charge in [-0.25, -0.2) is 0 Å². The molecule has 3 rings (SSSR count). The molecule has 1 saturated heterocycles. The van der Waals surface area contributed by atoms with Crippen molar-refractivity contribution < 1.29 is 14.3 Å². The zero-order valence-corrected chi connectivity index (χ0v) is 17.1. The molecule has 2 amide bonds. The van der Waals surface area contributed by atoms with Gasteiger partial charge in [0.2, 0.25) is 5.91 Å². The van der Waals surface area contributed by atoms with E-state index in [9.17, 15) is 9.59 Å². The van der Waals surface area contributed by atoms with E-state index in [1.165, 1.54) is 5.56 Å². The summed E-state index contributed by atoms with van der Waals surface area (Å²) < 4.78 is 5.56. The summed E-state index contributed by atoms with van der Waals surface area (Å²) in [6, 6.07) is 19.6. The SMILES string of the molecule is CCN(CCc1ccccc1)C(=O)C1CCN(C(=O)COc2ccccc2)CC1. The van der Waals surface area contributed by atoms with Gasteiger partial charge in [0.05, 0.1) is 0 Å². The molecule has 5 heteroatoms. The van der Waals surface area contributed by atoms with Gasteiger partial charge >= 0.3 is 0 Å². The van der Waals surface area contributed by atoms with Crippen molar-refractivity contribution in [2.24, 2.45) is 5.92 Å². The molecule has 2 aromatic carbocycles. The number of para-hydroxylation sites is 1. The van der Waals surface area contributed by atoms with Crippen LogP contribution in [0.5, 0.6) is 5.75 Å². The number of hydrogen-bond acceptors (Lipinski definition) is 3. The van der Waals surface area contributed by atoms with Crippen molar-refractivity contribution in [3.8, 4) is 5.75 Å². The lowest BCUT2D eigenvalue weighted by molar-refractivity contribution is -0.141. The van der Waals surface area contributed by atoms with Gasteiger partial charge in [0.25, 0.3) is 5.91 Å². The molecule has 2 aromatic rings. The molecular weight excluding hydrogens is 364 g/mol. The molecule has 1 fully saturated rings. The average Bonchev–Trinajstić information content (AvgIpc) is 2.79. The highest BCUT2D eigenvalue weighted by molar-refractivity contribution is 5.80. The van der Waals surface area contributed by atoms with Crippen LogP contribution in [0.2, 0.25) is 0 Å². The summed E-state index contributed by atoms with van der Waals surface area (Å²) in [5.41, 5.74) is 1.25. The fourth-order valence-electron chi connectivity index (χ4n) is 3.72. The summed E-state index contributed by atoms with van der Waals surface area (Å²) in [5.74, 6) is 0.903. The van der Waals surface area contributed by atoms with Gasteiger partial charge in [-0.1, -0.05) is 48.5 Å². The van der Waals surface area contributed by atoms with Crippen LogP contribution in [0, 0.1) is 5.92 Å². The summed E-state index contributed by atoms with van der Waals surface area (Å²) in [7, 11) is 0. The molecule has 29 heavy (non-hydrogen) atoms. The number of ether oxygens (including phenoxy) is 1. The van der Waals surface area contributed by atoms with Crippen LogP contribution in [0.4, 0.5) is 0 Å². The number of amides is 2. The Hall–Kier alpha value is -2.82. The second kappa shape index (κ2) is 10.6. The largest absolute Gasteiger partial charge is 0.484 e. The first-order valence-electron chi connectivity index (χ1n) is 10.5. The van der Waals surface area contributed by atoms with Crippen molar-refractivity contribution in [1.29, 1.82) is 0 Å². The molecule has 1 aliphatic heterocycles. The Morgan fingerprint density at radius 2 is 1.62 bits per heavy atom. The molecule has 0 aromatic heterocycles. The molecule has 1 aliphatic rings. The summed E-state index contributed by atoms with van der Waals surface area (Å²) in [4.78, 5) is 29.1. The van der Waals surface area contributed by atoms with Crippen LogP contribution in [0.15, 0.2) is 60.7 Å². The zero-order chi connectivity index (χ0) is 20.5. The maximum atomic E-state index is 12.9. The van der Waals surface area contributed by atoms with Gasteiger partial charge in [-0.05, 0) is 43.9 Å². The second-order valence-electron chi connectivity index (χ2n) is 7.41. The molecule has 0 spiro atoms. The van der Waals surface area contributed by atoms with Crippen LogP contribution >= 0.6 is 0 Å². The van der Waals surface area contributed by atoms with Crippen molar-refractivity contribution in [3.63, 3.8) is 0 Å². The summed E-state index contributed by atoms with van der Waals surface area (Å²) in [5, 5.41) is 0. The summed E-state index contributed by atoms with van der Waals surface area (Å²) >= 11 is 0. The highest BCUT2D eigenvalue weighted by Crippen LogP contribution is 2.20. The minimum Gasteiger partial charge on any atom is -0.484 e. The van der Waals surface area contributed by atoms with E-state index in [2.05, 4.69) is 12.1 Å². The number of likely N-dealkylation sites (N-methyl/N-ethyl adjacent to an activating group) is 1. The standard InChI is InChI=1S/C24H30N2O3/c1-2-25(16-13-20-9-5-3-6-10-20)24(28)21-14-17-26(18-15-21)23(27)19-29-22-11-7-4-8-12-22/h3-12,21H,2,13-19H2,1H3. The quantitative estimate of drug-likeness (QED) is 0.690. The number of carbonyl (C=O) groups excluding carboxylic acids is 2. The Morgan fingerprint density at radius 3 is 2.24 bits per heavy atom. The zero-order valence-electron chi connectivity index (χ0n) is 17.1. The smallest absolute Gasteiger partial charge is 0.260 e. The van der Waals surface area contributed by atoms with E-state index in [-0.39, 0.29) is 24.3 Å². The molecular formula is C24H30N2O3. The normalized spacial score (nSPS) is 14.4. The number of carbonyl (C=O) groups is 2. The molecule has 0 bridgehead atoms. The maximum Gasteiger partial charge on any atom is 0.260 e. The van der Waals surface area contributed by atoms with Crippen molar-refractivity contribution in [3.05, 3.63) is 66.2 Å². The Morgan fingerprint density at radius 1 is 1.00 bits per heavy atom. The number of nitrogens with zero attached hydrogens (tertiary/aromatic N) is 2. The van der Waals surface area contributed by atoms with Crippen molar-refractivity contribution in [2.45, 2.75) is 26.2 Å². The van der Waals surface area contributed by atoms with Crippen LogP contribution in [-0.2, 0) is 16.0 Å². The molecule has 0 radical (unpaired) electrons. The molecule has 154 valence electrons. The van der Waals surface area contributed by atoms with E-state index in [1.54, 1.807) is 0 Å². The molecule has 0 atom stereocenters. The van der Waals surface area contributed by atoms with Gasteiger partial charge in [0, 0.05) is 32.1 Å². The topological polar surface area (TPSA) is 49.9 Å². The van der Waals surface area contributed by atoms with E-state index in [4.69, 9.17) is 4.74 Å². The monoisotopic (exact) mass is 394 g/mol. The third-order valence-electron chi connectivity index (χ3n) is 5.51. The first-order valence-corrected chi connectivity index (χ1v) is 10.5. The van der Waals surface area contributed by atoms with E-state index in [0.29, 0.717) is 18.8 Å². The van der Waals surface area contributed by atoms with Gasteiger partial charge < -0.3 is 14.5 Å². The second-order valence-corrected chi connectivity index (χ2v) is 7.41. The average molecular weight is 395 g/mol. The van der Waals surface area contributed by atoms with Gasteiger partial charge in [0.1, 0.15) is 5.75 Å². The number of benzene rings is 2. The van der Waals surface area contributed by atoms with E-state index in [1.807, 2.05) is 65.3 Å². The highest BCUT2D eigenvalue weighted by atomic mass is 16.5. The van der Waals surface area contributed by atoms with E-state index < -0.39 is 0 Å². The maximum absolute atomic E-state index is 12.9. The van der Waals surface area contributed by atoms with Crippen LogP contribution in [-0.4, -0.2) is 54.4 Å². The number of rotatable bonds is 8. The van der Waals surface area contributed by atoms with Gasteiger partial charge in [-0.3, -0.25) is 9.59 Å². The van der Waals surface area contributed by atoms with Crippen molar-refractivity contribution >= 4 is 11.8 Å². The molecule has 0 N–H and O–H groups in total. The lowest BCUT2D eigenvalue weighted by Gasteiger charge is -2.34. The lowest BCUT2D eigenvalue weighted by atomic mass is 9.95. The Labute approximate surface area is 173 Å². The summed E-state index contributed by atoms with van der Waals surface area (Å²) in [6.07, 6.45) is 2.31. The van der Waals surface area contributed by atoms with Crippen LogP contribution in [0.3, 0.4) is 0 Å².